The summed E-state index contributed by atoms with van der Waals surface area (Å²) in [5.41, 5.74) is 0.701. The molecule has 0 aliphatic heterocycles. The van der Waals surface area contributed by atoms with Crippen LogP contribution in [0, 0.1) is 17.1 Å². The fourth-order valence-corrected chi connectivity index (χ4v) is 1.76. The van der Waals surface area contributed by atoms with Crippen LogP contribution in [0.25, 0.3) is 0 Å². The molecule has 0 heterocycles. The summed E-state index contributed by atoms with van der Waals surface area (Å²) in [6.07, 6.45) is -0.377. The van der Waals surface area contributed by atoms with Crippen molar-refractivity contribution in [2.24, 2.45) is 0 Å². The normalized spacial score (nSPS) is 11.5. The second kappa shape index (κ2) is 8.59. The number of rotatable bonds is 9. The lowest BCUT2D eigenvalue weighted by atomic mass is 10.1. The van der Waals surface area contributed by atoms with Crippen molar-refractivity contribution in [3.8, 4) is 6.07 Å². The van der Waals surface area contributed by atoms with E-state index in [4.69, 9.17) is 15.5 Å². The average molecular weight is 309 g/mol. The summed E-state index contributed by atoms with van der Waals surface area (Å²) in [6, 6.07) is 5.06. The van der Waals surface area contributed by atoms with E-state index in [1.807, 2.05) is 6.07 Å². The van der Waals surface area contributed by atoms with E-state index in [1.54, 1.807) is 6.07 Å². The molecule has 0 unspecified atom stereocenters. The zero-order valence-corrected chi connectivity index (χ0v) is 11.7. The second-order valence-electron chi connectivity index (χ2n) is 4.52. The van der Waals surface area contributed by atoms with Gasteiger partial charge in [-0.25, -0.2) is 4.39 Å². The molecule has 0 saturated carbocycles. The summed E-state index contributed by atoms with van der Waals surface area (Å²) in [6.45, 7) is 0.00820. The van der Waals surface area contributed by atoms with Crippen LogP contribution < -0.4 is 10.6 Å². The van der Waals surface area contributed by atoms with Crippen LogP contribution >= 0.6 is 0 Å². The van der Waals surface area contributed by atoms with Gasteiger partial charge in [0, 0.05) is 24.2 Å². The number of carboxylic acids is 2. The highest BCUT2D eigenvalue weighted by molar-refractivity contribution is 5.75. The van der Waals surface area contributed by atoms with E-state index >= 15 is 0 Å². The van der Waals surface area contributed by atoms with Gasteiger partial charge in [0.05, 0.1) is 6.07 Å². The van der Waals surface area contributed by atoms with Crippen molar-refractivity contribution in [2.45, 2.75) is 25.4 Å². The van der Waals surface area contributed by atoms with Gasteiger partial charge in [-0.15, -0.1) is 0 Å². The van der Waals surface area contributed by atoms with Crippen LogP contribution in [-0.4, -0.2) is 34.7 Å². The lowest BCUT2D eigenvalue weighted by Gasteiger charge is -2.14. The Kier molecular flexibility index (Phi) is 6.79. The van der Waals surface area contributed by atoms with Crippen molar-refractivity contribution in [1.29, 1.82) is 5.26 Å². The summed E-state index contributed by atoms with van der Waals surface area (Å²) < 4.78 is 13.8. The van der Waals surface area contributed by atoms with Crippen LogP contribution in [0.1, 0.15) is 18.4 Å². The number of anilines is 1. The Labute approximate surface area is 126 Å². The summed E-state index contributed by atoms with van der Waals surface area (Å²) in [5.74, 6) is -2.82. The molecule has 0 aliphatic rings. The third kappa shape index (κ3) is 5.76. The number of aliphatic carboxylic acids is 2. The number of nitrogens with one attached hydrogen (secondary N) is 2. The highest BCUT2D eigenvalue weighted by Gasteiger charge is 2.18. The number of halogens is 1. The number of nitriles is 1. The van der Waals surface area contributed by atoms with Gasteiger partial charge in [-0.05, 0) is 18.6 Å². The van der Waals surface area contributed by atoms with Gasteiger partial charge >= 0.3 is 11.9 Å². The van der Waals surface area contributed by atoms with Crippen LogP contribution in [0.5, 0.6) is 0 Å². The van der Waals surface area contributed by atoms with Crippen LogP contribution in [-0.2, 0) is 16.1 Å². The largest absolute Gasteiger partial charge is 0.481 e. The lowest BCUT2D eigenvalue weighted by molar-refractivity contribution is -0.140. The van der Waals surface area contributed by atoms with E-state index in [9.17, 15) is 14.0 Å². The fraction of sp³-hybridized carbons (Fsp3) is 0.357. The molecule has 0 amide bonds. The van der Waals surface area contributed by atoms with Gasteiger partial charge in [-0.1, -0.05) is 6.07 Å². The van der Waals surface area contributed by atoms with Crippen molar-refractivity contribution in [2.75, 3.05) is 11.9 Å². The van der Waals surface area contributed by atoms with E-state index in [2.05, 4.69) is 10.6 Å². The molecule has 7 nitrogen and oxygen atoms in total. The van der Waals surface area contributed by atoms with E-state index in [0.29, 0.717) is 5.69 Å². The quantitative estimate of drug-likeness (QED) is 0.505. The number of benzene rings is 1. The number of carboxylic acid groups (broad SMARTS) is 2. The Balaban J connectivity index is 2.63. The van der Waals surface area contributed by atoms with Crippen LogP contribution in [0.4, 0.5) is 10.1 Å². The molecule has 0 aliphatic carbocycles. The maximum absolute atomic E-state index is 13.8. The molecule has 4 N–H and O–H groups in total. The van der Waals surface area contributed by atoms with E-state index in [1.165, 1.54) is 12.1 Å². The molecule has 22 heavy (non-hydrogen) atoms. The Morgan fingerprint density at radius 3 is 2.64 bits per heavy atom. The van der Waals surface area contributed by atoms with Crippen molar-refractivity contribution in [3.05, 3.63) is 29.6 Å². The molecule has 0 fully saturated rings. The van der Waals surface area contributed by atoms with Gasteiger partial charge in [0.25, 0.3) is 0 Å². The maximum Gasteiger partial charge on any atom is 0.320 e. The summed E-state index contributed by atoms with van der Waals surface area (Å²) in [5, 5.41) is 31.3. The topological polar surface area (TPSA) is 122 Å². The van der Waals surface area contributed by atoms with Gasteiger partial charge in [-0.2, -0.15) is 5.26 Å². The molecule has 0 radical (unpaired) electrons. The predicted octanol–water partition coefficient (Wildman–Crippen LogP) is 1.17. The highest BCUT2D eigenvalue weighted by Crippen LogP contribution is 2.14. The first-order chi connectivity index (χ1) is 10.4. The molecule has 0 saturated heterocycles. The molecule has 1 aromatic rings. The van der Waals surface area contributed by atoms with Crippen molar-refractivity contribution >= 4 is 17.6 Å². The molecule has 0 spiro atoms. The smallest absolute Gasteiger partial charge is 0.320 e. The molecule has 0 aromatic heterocycles. The number of carbonyl (C=O) groups is 2. The van der Waals surface area contributed by atoms with Gasteiger partial charge < -0.3 is 20.8 Å². The maximum atomic E-state index is 13.8. The summed E-state index contributed by atoms with van der Waals surface area (Å²) in [7, 11) is 0. The number of hydrogen-bond acceptors (Lipinski definition) is 5. The van der Waals surface area contributed by atoms with Gasteiger partial charge in [0.2, 0.25) is 0 Å². The van der Waals surface area contributed by atoms with Crippen LogP contribution in [0.15, 0.2) is 18.2 Å². The standard InChI is InChI=1S/C14H16FN3O4/c15-11-7-10(17-6-5-16)2-1-9(11)8-18-12(14(21)22)3-4-13(19)20/h1-2,7,12,17-18H,3-4,6,8H2,(H,19,20)(H,21,22)/t12-/m0/s1. The molecule has 0 bridgehead atoms. The Hall–Kier alpha value is -2.66. The summed E-state index contributed by atoms with van der Waals surface area (Å²) >= 11 is 0. The zero-order valence-electron chi connectivity index (χ0n) is 11.7. The van der Waals surface area contributed by atoms with Gasteiger partial charge in [0.15, 0.2) is 0 Å². The fourth-order valence-electron chi connectivity index (χ4n) is 1.76. The Morgan fingerprint density at radius 1 is 1.36 bits per heavy atom. The molecular formula is C14H16FN3O4. The molecule has 118 valence electrons. The minimum Gasteiger partial charge on any atom is -0.481 e. The van der Waals surface area contributed by atoms with Crippen molar-refractivity contribution < 1.29 is 24.2 Å². The van der Waals surface area contributed by atoms with E-state index in [-0.39, 0.29) is 31.5 Å². The highest BCUT2D eigenvalue weighted by atomic mass is 19.1. The summed E-state index contributed by atoms with van der Waals surface area (Å²) in [4.78, 5) is 21.5. The first-order valence-electron chi connectivity index (χ1n) is 6.51. The Morgan fingerprint density at radius 2 is 2.09 bits per heavy atom. The van der Waals surface area contributed by atoms with Crippen molar-refractivity contribution in [3.63, 3.8) is 0 Å². The monoisotopic (exact) mass is 309 g/mol. The average Bonchev–Trinajstić information content (AvgIpc) is 2.46. The SMILES string of the molecule is N#CCNc1ccc(CN[C@@H](CCC(=O)O)C(=O)O)c(F)c1. The predicted molar refractivity (Wildman–Crippen MR) is 75.6 cm³/mol. The van der Waals surface area contributed by atoms with E-state index < -0.39 is 23.8 Å². The lowest BCUT2D eigenvalue weighted by Crippen LogP contribution is -2.36. The first-order valence-corrected chi connectivity index (χ1v) is 6.51. The minimum absolute atomic E-state index is 0.0407. The number of nitrogens with zero attached hydrogens (tertiary/aromatic N) is 1. The van der Waals surface area contributed by atoms with E-state index in [0.717, 1.165) is 0 Å². The van der Waals surface area contributed by atoms with Crippen LogP contribution in [0.2, 0.25) is 0 Å². The van der Waals surface area contributed by atoms with Crippen molar-refractivity contribution in [1.82, 2.24) is 5.32 Å². The molecule has 1 aromatic carbocycles. The molecular weight excluding hydrogens is 293 g/mol. The Bertz CT molecular complexity index is 586. The molecule has 8 heteroatoms. The first kappa shape index (κ1) is 17.4. The van der Waals surface area contributed by atoms with Crippen LogP contribution in [0.3, 0.4) is 0 Å². The number of hydrogen-bond donors (Lipinski definition) is 4. The van der Waals surface area contributed by atoms with Gasteiger partial charge in [0.1, 0.15) is 18.4 Å². The second-order valence-corrected chi connectivity index (χ2v) is 4.52. The molecule has 1 rings (SSSR count). The zero-order chi connectivity index (χ0) is 16.5. The van der Waals surface area contributed by atoms with Gasteiger partial charge in [-0.3, -0.25) is 9.59 Å². The third-order valence-electron chi connectivity index (χ3n) is 2.91. The minimum atomic E-state index is -1.19. The third-order valence-corrected chi connectivity index (χ3v) is 2.91. The molecule has 1 atom stereocenters.